The predicted molar refractivity (Wildman–Crippen MR) is 166 cm³/mol. The molecule has 38 heavy (non-hydrogen) atoms. The van der Waals surface area contributed by atoms with Crippen molar-refractivity contribution in [3.63, 3.8) is 0 Å². The van der Waals surface area contributed by atoms with Crippen LogP contribution in [0.4, 0.5) is 0 Å². The minimum absolute atomic E-state index is 0.189. The summed E-state index contributed by atoms with van der Waals surface area (Å²) in [6.07, 6.45) is 0. The third-order valence-corrected chi connectivity index (χ3v) is 8.44. The minimum atomic E-state index is 0.189. The van der Waals surface area contributed by atoms with E-state index in [2.05, 4.69) is 140 Å². The van der Waals surface area contributed by atoms with Gasteiger partial charge in [0.05, 0.1) is 0 Å². The van der Waals surface area contributed by atoms with Crippen LogP contribution in [0.25, 0.3) is 54.6 Å². The van der Waals surface area contributed by atoms with Crippen LogP contribution < -0.4 is 16.4 Å². The van der Waals surface area contributed by atoms with Crippen molar-refractivity contribution in [2.24, 2.45) is 0 Å². The molecule has 0 saturated carbocycles. The number of fused-ring (bicyclic) bond motifs is 3. The summed E-state index contributed by atoms with van der Waals surface area (Å²) in [6.45, 7) is 2.49. The van der Waals surface area contributed by atoms with E-state index in [1.165, 1.54) is 76.5 Å². The van der Waals surface area contributed by atoms with Gasteiger partial charge in [-0.1, -0.05) is 149 Å². The topological polar surface area (TPSA) is 0 Å². The molecule has 0 N–H and O–H groups in total. The fraction of sp³-hybridized carbons (Fsp3) is 0.0270. The van der Waals surface area contributed by atoms with Crippen LogP contribution in [-0.2, 0) is 0 Å². The summed E-state index contributed by atoms with van der Waals surface area (Å²) < 4.78 is 0. The van der Waals surface area contributed by atoms with E-state index in [9.17, 15) is 0 Å². The summed E-state index contributed by atoms with van der Waals surface area (Å²) in [5.74, 6) is 0. The fourth-order valence-electron chi connectivity index (χ4n) is 6.90. The Morgan fingerprint density at radius 1 is 0.421 bits per heavy atom. The SMILES string of the molecule is Cc1cc(-c2ccccc2)cc(-c2ccccc2)c1B1c2cccc3c4ccccc4c4cccc1c4c23. The normalized spacial score (nSPS) is 12.3. The van der Waals surface area contributed by atoms with Crippen molar-refractivity contribution >= 4 is 55.4 Å². The Hall–Kier alpha value is -4.62. The highest BCUT2D eigenvalue weighted by Crippen LogP contribution is 2.37. The molecule has 0 atom stereocenters. The van der Waals surface area contributed by atoms with Gasteiger partial charge in [0.1, 0.15) is 0 Å². The van der Waals surface area contributed by atoms with Gasteiger partial charge in [-0.3, -0.25) is 0 Å². The second-order valence-corrected chi connectivity index (χ2v) is 10.5. The molecule has 1 aliphatic rings. The molecular weight excluding hydrogens is 455 g/mol. The Balaban J connectivity index is 1.49. The van der Waals surface area contributed by atoms with Crippen molar-refractivity contribution in [1.29, 1.82) is 0 Å². The minimum Gasteiger partial charge on any atom is -0.0663 e. The van der Waals surface area contributed by atoms with Crippen molar-refractivity contribution in [3.8, 4) is 22.3 Å². The Morgan fingerprint density at radius 2 is 0.921 bits per heavy atom. The highest BCUT2D eigenvalue weighted by atomic mass is 14.2. The number of hydrogen-bond acceptors (Lipinski definition) is 0. The molecule has 0 fully saturated rings. The van der Waals surface area contributed by atoms with E-state index in [4.69, 9.17) is 0 Å². The highest BCUT2D eigenvalue weighted by molar-refractivity contribution is 7.02. The van der Waals surface area contributed by atoms with E-state index in [-0.39, 0.29) is 6.71 Å². The molecule has 0 aromatic heterocycles. The second kappa shape index (κ2) is 8.20. The number of rotatable bonds is 3. The molecule has 1 heteroatoms. The second-order valence-electron chi connectivity index (χ2n) is 10.5. The Bertz CT molecular complexity index is 1940. The lowest BCUT2D eigenvalue weighted by Crippen LogP contribution is -2.51. The van der Waals surface area contributed by atoms with Crippen molar-refractivity contribution in [3.05, 3.63) is 139 Å². The van der Waals surface area contributed by atoms with E-state index in [0.717, 1.165) is 0 Å². The Kier molecular flexibility index (Phi) is 4.63. The molecule has 0 spiro atoms. The van der Waals surface area contributed by atoms with E-state index in [1.807, 2.05) is 0 Å². The molecule has 1 heterocycles. The standard InChI is InChI=1S/C37H25B/c1-24-22-27(25-12-4-2-5-13-25)23-32(26-14-6-3-7-15-26)37(24)38-33-20-10-18-30-28-16-8-9-17-29(28)31-19-11-21-34(38)36(31)35(30)33/h2-23H,1H3. The molecule has 1 aliphatic heterocycles. The maximum Gasteiger partial charge on any atom is 0.244 e. The zero-order valence-electron chi connectivity index (χ0n) is 21.3. The molecule has 0 radical (unpaired) electrons. The van der Waals surface area contributed by atoms with Crippen molar-refractivity contribution in [1.82, 2.24) is 0 Å². The van der Waals surface area contributed by atoms with Crippen LogP contribution in [0.1, 0.15) is 5.56 Å². The first-order valence-electron chi connectivity index (χ1n) is 13.4. The van der Waals surface area contributed by atoms with Crippen molar-refractivity contribution in [2.75, 3.05) is 0 Å². The van der Waals surface area contributed by atoms with Gasteiger partial charge in [0, 0.05) is 0 Å². The third kappa shape index (κ3) is 2.99. The number of benzene rings is 7. The van der Waals surface area contributed by atoms with Gasteiger partial charge in [-0.2, -0.15) is 0 Å². The van der Waals surface area contributed by atoms with Gasteiger partial charge in [0.15, 0.2) is 0 Å². The first kappa shape index (κ1) is 21.5. The first-order valence-corrected chi connectivity index (χ1v) is 13.4. The smallest absolute Gasteiger partial charge is 0.0663 e. The van der Waals surface area contributed by atoms with Crippen LogP contribution in [-0.4, -0.2) is 6.71 Å². The molecule has 0 amide bonds. The van der Waals surface area contributed by atoms with Gasteiger partial charge < -0.3 is 0 Å². The summed E-state index contributed by atoms with van der Waals surface area (Å²) in [6, 6.07) is 49.2. The molecule has 0 saturated heterocycles. The van der Waals surface area contributed by atoms with Crippen LogP contribution in [0.3, 0.4) is 0 Å². The summed E-state index contributed by atoms with van der Waals surface area (Å²) in [5, 5.41) is 8.25. The van der Waals surface area contributed by atoms with Gasteiger partial charge in [-0.05, 0) is 67.6 Å². The van der Waals surface area contributed by atoms with E-state index in [0.29, 0.717) is 0 Å². The first-order chi connectivity index (χ1) is 18.8. The molecule has 7 aromatic carbocycles. The van der Waals surface area contributed by atoms with Gasteiger partial charge in [-0.25, -0.2) is 0 Å². The Morgan fingerprint density at radius 3 is 1.50 bits per heavy atom. The molecule has 7 aromatic rings. The number of hydrogen-bond donors (Lipinski definition) is 0. The van der Waals surface area contributed by atoms with Gasteiger partial charge in [0.2, 0.25) is 6.71 Å². The lowest BCUT2D eigenvalue weighted by molar-refractivity contribution is 1.49. The maximum atomic E-state index is 2.41. The van der Waals surface area contributed by atoms with Crippen molar-refractivity contribution in [2.45, 2.75) is 6.92 Å². The predicted octanol–water partition coefficient (Wildman–Crippen LogP) is 7.62. The van der Waals surface area contributed by atoms with E-state index < -0.39 is 0 Å². The third-order valence-electron chi connectivity index (χ3n) is 8.44. The van der Waals surface area contributed by atoms with E-state index in [1.54, 1.807) is 0 Å². The molecule has 8 rings (SSSR count). The quantitative estimate of drug-likeness (QED) is 0.180. The monoisotopic (exact) mass is 480 g/mol. The van der Waals surface area contributed by atoms with Crippen LogP contribution in [0.2, 0.25) is 0 Å². The largest absolute Gasteiger partial charge is 0.244 e. The summed E-state index contributed by atoms with van der Waals surface area (Å²) in [5.41, 5.74) is 10.7. The van der Waals surface area contributed by atoms with Gasteiger partial charge in [0.25, 0.3) is 0 Å². The highest BCUT2D eigenvalue weighted by Gasteiger charge is 2.35. The lowest BCUT2D eigenvalue weighted by atomic mass is 9.37. The molecule has 176 valence electrons. The summed E-state index contributed by atoms with van der Waals surface area (Å²) in [7, 11) is 0. The average Bonchev–Trinajstić information content (AvgIpc) is 3.32. The summed E-state index contributed by atoms with van der Waals surface area (Å²) in [4.78, 5) is 0. The number of aryl methyl sites for hydroxylation is 1. The molecule has 0 unspecified atom stereocenters. The van der Waals surface area contributed by atoms with Gasteiger partial charge >= 0.3 is 0 Å². The fourth-order valence-corrected chi connectivity index (χ4v) is 6.90. The van der Waals surface area contributed by atoms with Crippen LogP contribution in [0, 0.1) is 6.92 Å². The van der Waals surface area contributed by atoms with Crippen LogP contribution in [0.15, 0.2) is 133 Å². The van der Waals surface area contributed by atoms with Crippen molar-refractivity contribution < 1.29 is 0 Å². The molecule has 0 aliphatic carbocycles. The average molecular weight is 480 g/mol. The molecular formula is C37H25B. The van der Waals surface area contributed by atoms with Crippen LogP contribution >= 0.6 is 0 Å². The van der Waals surface area contributed by atoms with E-state index >= 15 is 0 Å². The lowest BCUT2D eigenvalue weighted by Gasteiger charge is -2.21. The maximum absolute atomic E-state index is 2.41. The summed E-state index contributed by atoms with van der Waals surface area (Å²) >= 11 is 0. The Labute approximate surface area is 223 Å². The zero-order chi connectivity index (χ0) is 25.2. The van der Waals surface area contributed by atoms with Crippen LogP contribution in [0.5, 0.6) is 0 Å². The zero-order valence-corrected chi connectivity index (χ0v) is 21.3. The molecule has 0 nitrogen and oxygen atoms in total. The molecule has 0 bridgehead atoms. The van der Waals surface area contributed by atoms with Gasteiger partial charge in [-0.15, -0.1) is 0 Å².